The minimum absolute atomic E-state index is 0.116. The Morgan fingerprint density at radius 2 is 1.86 bits per heavy atom. The van der Waals surface area contributed by atoms with Crippen LogP contribution in [0.1, 0.15) is 44.2 Å². The molecule has 3 rings (SSSR count). The standard InChI is InChI=1S/C19H24N2O/c1-19(10-4-5-11-19)18(22)21-17(13-20)16-9-8-14-6-2-3-7-15(14)12-16/h2-3,6-9,12,17H,4-5,10-11,13,20H2,1H3,(H,21,22). The maximum atomic E-state index is 12.6. The summed E-state index contributed by atoms with van der Waals surface area (Å²) >= 11 is 0. The molecule has 2 aromatic rings. The third-order valence-electron chi connectivity index (χ3n) is 4.97. The van der Waals surface area contributed by atoms with E-state index in [1.54, 1.807) is 0 Å². The van der Waals surface area contributed by atoms with Crippen molar-refractivity contribution in [2.75, 3.05) is 6.54 Å². The van der Waals surface area contributed by atoms with Gasteiger partial charge in [0.2, 0.25) is 5.91 Å². The van der Waals surface area contributed by atoms with E-state index in [4.69, 9.17) is 5.73 Å². The lowest BCUT2D eigenvalue weighted by Gasteiger charge is -2.26. The highest BCUT2D eigenvalue weighted by atomic mass is 16.2. The Labute approximate surface area is 131 Å². The highest BCUT2D eigenvalue weighted by Gasteiger charge is 2.37. The Balaban J connectivity index is 1.81. The third-order valence-corrected chi connectivity index (χ3v) is 4.97. The summed E-state index contributed by atoms with van der Waals surface area (Å²) in [5.41, 5.74) is 6.79. The van der Waals surface area contributed by atoms with Gasteiger partial charge >= 0.3 is 0 Å². The minimum Gasteiger partial charge on any atom is -0.348 e. The van der Waals surface area contributed by atoms with Gasteiger partial charge in [-0.25, -0.2) is 0 Å². The van der Waals surface area contributed by atoms with Crippen molar-refractivity contribution in [2.45, 2.75) is 38.6 Å². The summed E-state index contributed by atoms with van der Waals surface area (Å²) in [7, 11) is 0. The fraction of sp³-hybridized carbons (Fsp3) is 0.421. The van der Waals surface area contributed by atoms with Gasteiger partial charge in [-0.15, -0.1) is 0 Å². The summed E-state index contributed by atoms with van der Waals surface area (Å²) in [6.45, 7) is 2.49. The van der Waals surface area contributed by atoms with Crippen molar-refractivity contribution in [1.29, 1.82) is 0 Å². The van der Waals surface area contributed by atoms with Crippen LogP contribution < -0.4 is 11.1 Å². The van der Waals surface area contributed by atoms with Crippen LogP contribution in [0, 0.1) is 5.41 Å². The van der Waals surface area contributed by atoms with Crippen molar-refractivity contribution in [3.63, 3.8) is 0 Å². The highest BCUT2D eigenvalue weighted by molar-refractivity contribution is 5.85. The largest absolute Gasteiger partial charge is 0.348 e. The summed E-state index contributed by atoms with van der Waals surface area (Å²) in [5, 5.41) is 5.55. The molecule has 1 saturated carbocycles. The predicted molar refractivity (Wildman–Crippen MR) is 90.5 cm³/mol. The molecule has 3 nitrogen and oxygen atoms in total. The molecule has 1 aliphatic carbocycles. The first kappa shape index (κ1) is 15.0. The van der Waals surface area contributed by atoms with Gasteiger partial charge in [-0.1, -0.05) is 56.2 Å². The summed E-state index contributed by atoms with van der Waals surface area (Å²) < 4.78 is 0. The number of hydrogen-bond acceptors (Lipinski definition) is 2. The van der Waals surface area contributed by atoms with Crippen LogP contribution in [0.15, 0.2) is 42.5 Å². The second-order valence-electron chi connectivity index (χ2n) is 6.64. The van der Waals surface area contributed by atoms with Gasteiger partial charge in [0.1, 0.15) is 0 Å². The average Bonchev–Trinajstić information content (AvgIpc) is 3.00. The molecule has 0 aliphatic heterocycles. The maximum absolute atomic E-state index is 12.6. The molecule has 0 saturated heterocycles. The van der Waals surface area contributed by atoms with Crippen LogP contribution in [-0.4, -0.2) is 12.5 Å². The Morgan fingerprint density at radius 3 is 2.55 bits per heavy atom. The van der Waals surface area contributed by atoms with Crippen molar-refractivity contribution in [1.82, 2.24) is 5.32 Å². The van der Waals surface area contributed by atoms with E-state index < -0.39 is 0 Å². The number of benzene rings is 2. The first-order chi connectivity index (χ1) is 10.6. The van der Waals surface area contributed by atoms with Crippen LogP contribution in [0.4, 0.5) is 0 Å². The van der Waals surface area contributed by atoms with E-state index in [-0.39, 0.29) is 17.4 Å². The van der Waals surface area contributed by atoms with Crippen LogP contribution >= 0.6 is 0 Å². The lowest BCUT2D eigenvalue weighted by atomic mass is 9.87. The summed E-state index contributed by atoms with van der Waals surface area (Å²) in [4.78, 5) is 12.6. The molecule has 1 amide bonds. The number of carbonyl (C=O) groups is 1. The van der Waals surface area contributed by atoms with Gasteiger partial charge in [-0.2, -0.15) is 0 Å². The molecule has 1 unspecified atom stereocenters. The van der Waals surface area contributed by atoms with Crippen LogP contribution in [0.5, 0.6) is 0 Å². The van der Waals surface area contributed by atoms with Crippen molar-refractivity contribution in [2.24, 2.45) is 11.1 Å². The Hall–Kier alpha value is -1.87. The van der Waals surface area contributed by atoms with E-state index in [0.717, 1.165) is 31.2 Å². The molecule has 22 heavy (non-hydrogen) atoms. The quantitative estimate of drug-likeness (QED) is 0.906. The monoisotopic (exact) mass is 296 g/mol. The lowest BCUT2D eigenvalue weighted by Crippen LogP contribution is -2.41. The van der Waals surface area contributed by atoms with E-state index in [9.17, 15) is 4.79 Å². The van der Waals surface area contributed by atoms with Crippen LogP contribution in [0.2, 0.25) is 0 Å². The fourth-order valence-corrected chi connectivity index (χ4v) is 3.42. The maximum Gasteiger partial charge on any atom is 0.226 e. The zero-order valence-electron chi connectivity index (χ0n) is 13.1. The van der Waals surface area contributed by atoms with Gasteiger partial charge in [-0.3, -0.25) is 4.79 Å². The summed E-state index contributed by atoms with van der Waals surface area (Å²) in [5.74, 6) is 0.147. The zero-order chi connectivity index (χ0) is 15.6. The Kier molecular flexibility index (Phi) is 4.16. The molecule has 116 valence electrons. The normalized spacial score (nSPS) is 18.3. The number of fused-ring (bicyclic) bond motifs is 1. The topological polar surface area (TPSA) is 55.1 Å². The minimum atomic E-state index is -0.218. The van der Waals surface area contributed by atoms with E-state index >= 15 is 0 Å². The lowest BCUT2D eigenvalue weighted by molar-refractivity contribution is -0.130. The van der Waals surface area contributed by atoms with E-state index in [2.05, 4.69) is 42.6 Å². The molecule has 3 heteroatoms. The first-order valence-corrected chi connectivity index (χ1v) is 8.12. The van der Waals surface area contributed by atoms with Gasteiger partial charge in [-0.05, 0) is 35.2 Å². The van der Waals surface area contributed by atoms with Crippen LogP contribution in [0.3, 0.4) is 0 Å². The van der Waals surface area contributed by atoms with Crippen molar-refractivity contribution in [3.05, 3.63) is 48.0 Å². The SMILES string of the molecule is CC1(C(=O)NC(CN)c2ccc3ccccc3c2)CCCC1. The molecule has 0 bridgehead atoms. The van der Waals surface area contributed by atoms with Gasteiger partial charge in [0.25, 0.3) is 0 Å². The smallest absolute Gasteiger partial charge is 0.226 e. The summed E-state index contributed by atoms with van der Waals surface area (Å²) in [6, 6.07) is 14.4. The average molecular weight is 296 g/mol. The molecule has 1 aliphatic rings. The molecule has 0 heterocycles. The number of hydrogen-bond donors (Lipinski definition) is 2. The van der Waals surface area contributed by atoms with Gasteiger partial charge in [0.05, 0.1) is 6.04 Å². The number of amides is 1. The summed E-state index contributed by atoms with van der Waals surface area (Å²) in [6.07, 6.45) is 4.25. The van der Waals surface area contributed by atoms with Crippen LogP contribution in [0.25, 0.3) is 10.8 Å². The van der Waals surface area contributed by atoms with E-state index in [1.165, 1.54) is 10.8 Å². The second-order valence-corrected chi connectivity index (χ2v) is 6.64. The number of nitrogens with one attached hydrogen (secondary N) is 1. The van der Waals surface area contributed by atoms with Gasteiger partial charge in [0.15, 0.2) is 0 Å². The zero-order valence-corrected chi connectivity index (χ0v) is 13.1. The predicted octanol–water partition coefficient (Wildman–Crippen LogP) is 3.54. The molecular formula is C19H24N2O. The third kappa shape index (κ3) is 2.86. The number of carbonyl (C=O) groups excluding carboxylic acids is 1. The molecule has 0 aromatic heterocycles. The van der Waals surface area contributed by atoms with Crippen molar-refractivity contribution >= 4 is 16.7 Å². The highest BCUT2D eigenvalue weighted by Crippen LogP contribution is 2.38. The molecule has 0 radical (unpaired) electrons. The number of rotatable bonds is 4. The van der Waals surface area contributed by atoms with Crippen LogP contribution in [-0.2, 0) is 4.79 Å². The Morgan fingerprint density at radius 1 is 1.18 bits per heavy atom. The molecule has 0 spiro atoms. The molecule has 2 aromatic carbocycles. The van der Waals surface area contributed by atoms with Crippen molar-refractivity contribution in [3.8, 4) is 0 Å². The molecule has 1 atom stereocenters. The molecule has 3 N–H and O–H groups in total. The first-order valence-electron chi connectivity index (χ1n) is 8.12. The Bertz CT molecular complexity index is 674. The molecule has 1 fully saturated rings. The fourth-order valence-electron chi connectivity index (χ4n) is 3.42. The molecular weight excluding hydrogens is 272 g/mol. The number of nitrogens with two attached hydrogens (primary N) is 1. The van der Waals surface area contributed by atoms with Gasteiger partial charge in [0, 0.05) is 12.0 Å². The van der Waals surface area contributed by atoms with Crippen molar-refractivity contribution < 1.29 is 4.79 Å². The van der Waals surface area contributed by atoms with E-state index in [0.29, 0.717) is 6.54 Å². The second kappa shape index (κ2) is 6.09. The van der Waals surface area contributed by atoms with Gasteiger partial charge < -0.3 is 11.1 Å². The van der Waals surface area contributed by atoms with E-state index in [1.807, 2.05) is 12.1 Å².